The smallest absolute Gasteiger partial charge is 0.0314 e. The van der Waals surface area contributed by atoms with Crippen molar-refractivity contribution >= 4 is 8.15 Å². The zero-order chi connectivity index (χ0) is 13.8. The molecule has 0 rings (SSSR count). The molecule has 0 aromatic carbocycles. The molecule has 0 spiro atoms. The molecule has 0 aliphatic carbocycles. The first-order valence-electron chi connectivity index (χ1n) is 8.18. The van der Waals surface area contributed by atoms with Crippen LogP contribution in [0.15, 0.2) is 0 Å². The molecule has 18 heavy (non-hydrogen) atoms. The first kappa shape index (κ1) is 18.4. The van der Waals surface area contributed by atoms with Crippen LogP contribution in [-0.4, -0.2) is 16.2 Å². The molecule has 0 saturated heterocycles. The molecule has 0 aliphatic rings. The minimum Gasteiger partial charge on any atom is -0.373 e. The molecule has 0 aromatic heterocycles. The lowest BCUT2D eigenvalue weighted by molar-refractivity contribution is 0.526. The zero-order valence-electron chi connectivity index (χ0n) is 13.1. The summed E-state index contributed by atoms with van der Waals surface area (Å²) in [7, 11) is -0.741. The van der Waals surface area contributed by atoms with E-state index in [-0.39, 0.29) is 0 Å². The number of hydrogen-bond acceptors (Lipinski definition) is 1. The van der Waals surface area contributed by atoms with E-state index in [0.717, 1.165) is 12.8 Å². The Bertz CT molecular complexity index is 154. The Kier molecular flexibility index (Phi) is 12.7. The molecule has 2 unspecified atom stereocenters. The highest BCUT2D eigenvalue weighted by atomic mass is 31.1. The summed E-state index contributed by atoms with van der Waals surface area (Å²) in [6.45, 7) is 9.01. The van der Waals surface area contributed by atoms with Gasteiger partial charge in [-0.2, -0.15) is 0 Å². The van der Waals surface area contributed by atoms with Gasteiger partial charge in [0.15, 0.2) is 0 Å². The quantitative estimate of drug-likeness (QED) is 0.337. The van der Waals surface area contributed by atoms with E-state index in [1.807, 2.05) is 0 Å². The van der Waals surface area contributed by atoms with Crippen LogP contribution in [0.5, 0.6) is 0 Å². The summed E-state index contributed by atoms with van der Waals surface area (Å²) < 4.78 is 0. The Hall–Kier alpha value is 0.390. The molecular formula is C16H35OP. The molecule has 110 valence electrons. The summed E-state index contributed by atoms with van der Waals surface area (Å²) in [6.07, 6.45) is 12.7. The van der Waals surface area contributed by atoms with E-state index in [2.05, 4.69) is 27.7 Å². The monoisotopic (exact) mass is 274 g/mol. The van der Waals surface area contributed by atoms with E-state index in [1.54, 1.807) is 0 Å². The molecule has 2 heteroatoms. The Morgan fingerprint density at radius 2 is 1.11 bits per heavy atom. The lowest BCUT2D eigenvalue weighted by Gasteiger charge is -2.28. The molecular weight excluding hydrogens is 239 g/mol. The fourth-order valence-electron chi connectivity index (χ4n) is 2.60. The molecule has 0 aromatic rings. The molecule has 0 amide bonds. The minimum atomic E-state index is -0.741. The van der Waals surface area contributed by atoms with Gasteiger partial charge in [-0.1, -0.05) is 66.2 Å². The van der Waals surface area contributed by atoms with E-state index in [4.69, 9.17) is 0 Å². The van der Waals surface area contributed by atoms with Gasteiger partial charge in [0.05, 0.1) is 0 Å². The molecule has 1 N–H and O–H groups in total. The normalized spacial score (nSPS) is 16.5. The van der Waals surface area contributed by atoms with Crippen molar-refractivity contribution in [3.05, 3.63) is 0 Å². The molecule has 0 fully saturated rings. The van der Waals surface area contributed by atoms with Gasteiger partial charge in [0.2, 0.25) is 0 Å². The van der Waals surface area contributed by atoms with Crippen LogP contribution in [0.3, 0.4) is 0 Å². The summed E-state index contributed by atoms with van der Waals surface area (Å²) in [5.41, 5.74) is 1.19. The molecule has 0 aliphatic heterocycles. The Balaban J connectivity index is 4.11. The summed E-state index contributed by atoms with van der Waals surface area (Å²) in [5.74, 6) is 0. The van der Waals surface area contributed by atoms with Crippen molar-refractivity contribution in [3.63, 3.8) is 0 Å². The molecule has 0 radical (unpaired) electrons. The van der Waals surface area contributed by atoms with Crippen LogP contribution in [-0.2, 0) is 0 Å². The molecule has 2 atom stereocenters. The van der Waals surface area contributed by atoms with Crippen LogP contribution in [0.1, 0.15) is 91.9 Å². The number of rotatable bonds is 12. The fourth-order valence-corrected chi connectivity index (χ4v) is 4.84. The average Bonchev–Trinajstić information content (AvgIpc) is 2.39. The van der Waals surface area contributed by atoms with E-state index in [9.17, 15) is 4.89 Å². The largest absolute Gasteiger partial charge is 0.373 e. The van der Waals surface area contributed by atoms with E-state index >= 15 is 0 Å². The summed E-state index contributed by atoms with van der Waals surface area (Å²) >= 11 is 0. The molecule has 0 bridgehead atoms. The fraction of sp³-hybridized carbons (Fsp3) is 1.00. The summed E-state index contributed by atoms with van der Waals surface area (Å²) in [6, 6.07) is 0. The second-order valence-corrected chi connectivity index (χ2v) is 7.72. The van der Waals surface area contributed by atoms with Gasteiger partial charge in [0.25, 0.3) is 0 Å². The second-order valence-electron chi connectivity index (χ2n) is 5.50. The third-order valence-electron chi connectivity index (χ3n) is 3.97. The van der Waals surface area contributed by atoms with Crippen LogP contribution in [0.25, 0.3) is 0 Å². The van der Waals surface area contributed by atoms with Crippen LogP contribution in [0.2, 0.25) is 0 Å². The molecule has 0 heterocycles. The SMILES string of the molecule is CCCCCC(CC)P(O)C(CC)CCCCC. The van der Waals surface area contributed by atoms with Gasteiger partial charge in [0.1, 0.15) is 0 Å². The lowest BCUT2D eigenvalue weighted by Crippen LogP contribution is -2.14. The predicted octanol–water partition coefficient (Wildman–Crippen LogP) is 6.09. The van der Waals surface area contributed by atoms with Gasteiger partial charge in [-0.05, 0) is 25.7 Å². The topological polar surface area (TPSA) is 20.2 Å². The Labute approximate surface area is 117 Å². The second kappa shape index (κ2) is 12.4. The Morgan fingerprint density at radius 1 is 0.722 bits per heavy atom. The van der Waals surface area contributed by atoms with Gasteiger partial charge in [-0.25, -0.2) is 0 Å². The molecule has 0 saturated carbocycles. The van der Waals surface area contributed by atoms with Gasteiger partial charge in [0, 0.05) is 19.5 Å². The summed E-state index contributed by atoms with van der Waals surface area (Å²) in [4.78, 5) is 10.6. The Morgan fingerprint density at radius 3 is 1.39 bits per heavy atom. The van der Waals surface area contributed by atoms with Crippen molar-refractivity contribution in [3.8, 4) is 0 Å². The van der Waals surface area contributed by atoms with Crippen molar-refractivity contribution in [2.75, 3.05) is 0 Å². The summed E-state index contributed by atoms with van der Waals surface area (Å²) in [5, 5.41) is 0. The van der Waals surface area contributed by atoms with Crippen LogP contribution in [0, 0.1) is 0 Å². The predicted molar refractivity (Wildman–Crippen MR) is 85.6 cm³/mol. The van der Waals surface area contributed by atoms with Gasteiger partial charge < -0.3 is 4.89 Å². The van der Waals surface area contributed by atoms with E-state index in [0.29, 0.717) is 11.3 Å². The molecule has 1 nitrogen and oxygen atoms in total. The van der Waals surface area contributed by atoms with Gasteiger partial charge >= 0.3 is 0 Å². The highest BCUT2D eigenvalue weighted by Gasteiger charge is 2.24. The standard InChI is InChI=1S/C16H35OP/c1-5-9-11-13-15(7-3)18(17)16(8-4)14-12-10-6-2/h15-17H,5-14H2,1-4H3. The van der Waals surface area contributed by atoms with E-state index < -0.39 is 8.15 Å². The van der Waals surface area contributed by atoms with Gasteiger partial charge in [-0.3, -0.25) is 0 Å². The highest BCUT2D eigenvalue weighted by molar-refractivity contribution is 7.53. The van der Waals surface area contributed by atoms with Gasteiger partial charge in [-0.15, -0.1) is 0 Å². The first-order valence-corrected chi connectivity index (χ1v) is 9.61. The van der Waals surface area contributed by atoms with Crippen molar-refractivity contribution in [2.24, 2.45) is 0 Å². The van der Waals surface area contributed by atoms with Crippen LogP contribution in [0.4, 0.5) is 0 Å². The van der Waals surface area contributed by atoms with Crippen molar-refractivity contribution in [2.45, 2.75) is 103 Å². The average molecular weight is 274 g/mol. The number of hydrogen-bond donors (Lipinski definition) is 1. The minimum absolute atomic E-state index is 0.595. The highest BCUT2D eigenvalue weighted by Crippen LogP contribution is 2.48. The third kappa shape index (κ3) is 7.74. The third-order valence-corrected chi connectivity index (χ3v) is 6.72. The maximum absolute atomic E-state index is 10.6. The van der Waals surface area contributed by atoms with Crippen LogP contribution < -0.4 is 0 Å². The zero-order valence-corrected chi connectivity index (χ0v) is 14.0. The van der Waals surface area contributed by atoms with Crippen LogP contribution >= 0.6 is 8.15 Å². The van der Waals surface area contributed by atoms with Crippen molar-refractivity contribution < 1.29 is 4.89 Å². The maximum atomic E-state index is 10.6. The lowest BCUT2D eigenvalue weighted by atomic mass is 10.1. The van der Waals surface area contributed by atoms with Crippen molar-refractivity contribution in [1.29, 1.82) is 0 Å². The van der Waals surface area contributed by atoms with Crippen molar-refractivity contribution in [1.82, 2.24) is 0 Å². The van der Waals surface area contributed by atoms with E-state index in [1.165, 1.54) is 51.4 Å². The first-order chi connectivity index (χ1) is 8.71. The number of unbranched alkanes of at least 4 members (excludes halogenated alkanes) is 4. The maximum Gasteiger partial charge on any atom is 0.0314 e.